The number of hydrogen-bond acceptors (Lipinski definition) is 6. The van der Waals surface area contributed by atoms with Gasteiger partial charge in [0.05, 0.1) is 25.6 Å². The normalized spacial score (nSPS) is 15.8. The van der Waals surface area contributed by atoms with E-state index in [0.29, 0.717) is 11.3 Å². The lowest BCUT2D eigenvalue weighted by atomic mass is 10.2. The fourth-order valence-electron chi connectivity index (χ4n) is 2.08. The number of rotatable bonds is 4. The smallest absolute Gasteiger partial charge is 0.285 e. The molecule has 0 amide bonds. The van der Waals surface area contributed by atoms with Crippen molar-refractivity contribution in [2.24, 2.45) is 9.50 Å². The van der Waals surface area contributed by atoms with Gasteiger partial charge in [0, 0.05) is 5.56 Å². The number of furan rings is 1. The highest BCUT2D eigenvalue weighted by Gasteiger charge is 2.31. The monoisotopic (exact) mass is 319 g/mol. The average molecular weight is 319 g/mol. The Kier molecular flexibility index (Phi) is 3.78. The van der Waals surface area contributed by atoms with Crippen LogP contribution < -0.4 is 0 Å². The molecule has 1 aliphatic heterocycles. The molecule has 1 aromatic carbocycles. The fourth-order valence-corrected chi connectivity index (χ4v) is 3.29. The number of hydrogen-bond donors (Lipinski definition) is 1. The zero-order chi connectivity index (χ0) is 15.6. The van der Waals surface area contributed by atoms with Gasteiger partial charge in [-0.05, 0) is 24.3 Å². The van der Waals surface area contributed by atoms with E-state index in [-0.39, 0.29) is 23.9 Å². The van der Waals surface area contributed by atoms with Gasteiger partial charge in [-0.2, -0.15) is 13.5 Å². The zero-order valence-corrected chi connectivity index (χ0v) is 12.3. The van der Waals surface area contributed by atoms with Crippen LogP contribution in [-0.2, 0) is 10.0 Å². The van der Waals surface area contributed by atoms with E-state index in [1.807, 2.05) is 0 Å². The topological polar surface area (TPSA) is 95.5 Å². The van der Waals surface area contributed by atoms with Gasteiger partial charge in [0.1, 0.15) is 10.7 Å². The van der Waals surface area contributed by atoms with Crippen molar-refractivity contribution >= 4 is 22.1 Å². The molecule has 2 aromatic rings. The first-order valence-electron chi connectivity index (χ1n) is 6.52. The van der Waals surface area contributed by atoms with Crippen molar-refractivity contribution < 1.29 is 17.9 Å². The highest BCUT2D eigenvalue weighted by atomic mass is 32.2. The summed E-state index contributed by atoms with van der Waals surface area (Å²) in [6, 6.07) is 9.94. The second-order valence-corrected chi connectivity index (χ2v) is 6.07. The molecule has 0 unspecified atom stereocenters. The molecule has 7 nitrogen and oxygen atoms in total. The van der Waals surface area contributed by atoms with Crippen molar-refractivity contribution in [1.29, 1.82) is 0 Å². The van der Waals surface area contributed by atoms with Crippen molar-refractivity contribution in [3.8, 4) is 0 Å². The predicted octanol–water partition coefficient (Wildman–Crippen LogP) is 1.06. The van der Waals surface area contributed by atoms with E-state index in [9.17, 15) is 13.5 Å². The summed E-state index contributed by atoms with van der Waals surface area (Å²) >= 11 is 0. The molecule has 3 rings (SSSR count). The summed E-state index contributed by atoms with van der Waals surface area (Å²) in [6.45, 7) is -0.0867. The molecule has 0 saturated carbocycles. The van der Waals surface area contributed by atoms with Crippen LogP contribution in [0.3, 0.4) is 0 Å². The number of amidine groups is 1. The van der Waals surface area contributed by atoms with Crippen LogP contribution in [0.4, 0.5) is 0 Å². The Morgan fingerprint density at radius 3 is 2.82 bits per heavy atom. The Labute approximate surface area is 127 Å². The minimum atomic E-state index is -3.72. The quantitative estimate of drug-likeness (QED) is 0.671. The van der Waals surface area contributed by atoms with Crippen LogP contribution in [0.5, 0.6) is 0 Å². The van der Waals surface area contributed by atoms with Gasteiger partial charge in [-0.1, -0.05) is 12.1 Å². The first-order valence-corrected chi connectivity index (χ1v) is 7.96. The molecular weight excluding hydrogens is 306 g/mol. The third-order valence-electron chi connectivity index (χ3n) is 3.04. The lowest BCUT2D eigenvalue weighted by Crippen LogP contribution is -2.28. The summed E-state index contributed by atoms with van der Waals surface area (Å²) in [5.74, 6) is 0.699. The zero-order valence-electron chi connectivity index (χ0n) is 11.5. The maximum Gasteiger partial charge on any atom is 0.285 e. The van der Waals surface area contributed by atoms with Crippen LogP contribution in [-0.4, -0.2) is 43.7 Å². The molecule has 114 valence electrons. The summed E-state index contributed by atoms with van der Waals surface area (Å²) in [5.41, 5.74) is 0.465. The van der Waals surface area contributed by atoms with E-state index in [4.69, 9.17) is 4.42 Å². The Morgan fingerprint density at radius 1 is 1.27 bits per heavy atom. The number of hydrazone groups is 1. The van der Waals surface area contributed by atoms with E-state index >= 15 is 0 Å². The number of nitrogens with zero attached hydrogens (tertiary/aromatic N) is 3. The van der Waals surface area contributed by atoms with Crippen molar-refractivity contribution in [3.63, 3.8) is 0 Å². The van der Waals surface area contributed by atoms with E-state index in [1.54, 1.807) is 30.3 Å². The van der Waals surface area contributed by atoms with E-state index in [1.165, 1.54) is 23.6 Å². The Morgan fingerprint density at radius 2 is 2.09 bits per heavy atom. The van der Waals surface area contributed by atoms with Crippen LogP contribution in [0.2, 0.25) is 0 Å². The number of benzene rings is 1. The maximum atomic E-state index is 12.1. The van der Waals surface area contributed by atoms with Gasteiger partial charge in [-0.25, -0.2) is 5.01 Å². The molecule has 1 aliphatic rings. The fraction of sp³-hybridized carbons (Fsp3) is 0.143. The predicted molar refractivity (Wildman–Crippen MR) is 80.3 cm³/mol. The van der Waals surface area contributed by atoms with Crippen molar-refractivity contribution in [3.05, 3.63) is 54.0 Å². The molecular formula is C14H13N3O4S. The average Bonchev–Trinajstić information content (AvgIpc) is 3.11. The molecule has 0 bridgehead atoms. The summed E-state index contributed by atoms with van der Waals surface area (Å²) in [5, 5.41) is 14.7. The Balaban J connectivity index is 1.99. The van der Waals surface area contributed by atoms with E-state index < -0.39 is 10.0 Å². The second kappa shape index (κ2) is 5.74. The molecule has 1 N–H and O–H groups in total. The first kappa shape index (κ1) is 14.5. The van der Waals surface area contributed by atoms with Crippen molar-refractivity contribution in [2.45, 2.75) is 4.90 Å². The lowest BCUT2D eigenvalue weighted by Gasteiger charge is -2.17. The lowest BCUT2D eigenvalue weighted by molar-refractivity contribution is 0.253. The molecule has 0 saturated heterocycles. The minimum Gasteiger partial charge on any atom is -0.463 e. The second-order valence-electron chi connectivity index (χ2n) is 4.49. The molecule has 0 fully saturated rings. The van der Waals surface area contributed by atoms with Crippen molar-refractivity contribution in [2.75, 3.05) is 13.2 Å². The third kappa shape index (κ3) is 2.66. The Hall–Kier alpha value is -2.45. The largest absolute Gasteiger partial charge is 0.463 e. The third-order valence-corrected chi connectivity index (χ3v) is 4.36. The van der Waals surface area contributed by atoms with Crippen molar-refractivity contribution in [1.82, 2.24) is 5.01 Å². The first-order chi connectivity index (χ1) is 10.6. The summed E-state index contributed by atoms with van der Waals surface area (Å²) in [6.07, 6.45) is 2.94. The summed E-state index contributed by atoms with van der Waals surface area (Å²) in [7, 11) is -3.72. The standard InChI is InChI=1S/C14H13N3O4S/c18-8-7-17(15-10-11-4-3-9-21-11)14-12-5-1-2-6-13(12)22(19,20)16-14/h1-6,9-10,18H,7-8H2/b15-10+. The molecule has 8 heteroatoms. The summed E-state index contributed by atoms with van der Waals surface area (Å²) < 4.78 is 33.0. The molecule has 1 aromatic heterocycles. The van der Waals surface area contributed by atoms with Gasteiger partial charge in [0.15, 0.2) is 5.84 Å². The number of sulfonamides is 1. The molecule has 0 spiro atoms. The number of aliphatic hydroxyl groups is 1. The molecule has 22 heavy (non-hydrogen) atoms. The van der Waals surface area contributed by atoms with Gasteiger partial charge in [0.2, 0.25) is 0 Å². The molecule has 2 heterocycles. The van der Waals surface area contributed by atoms with Crippen LogP contribution in [0.1, 0.15) is 11.3 Å². The van der Waals surface area contributed by atoms with Gasteiger partial charge in [-0.15, -0.1) is 4.40 Å². The van der Waals surface area contributed by atoms with E-state index in [0.717, 1.165) is 0 Å². The van der Waals surface area contributed by atoms with Crippen LogP contribution in [0.25, 0.3) is 0 Å². The molecule has 0 radical (unpaired) electrons. The SMILES string of the molecule is O=S1(=O)N=C(N(CCO)/N=C/c2ccco2)c2ccccc21. The van der Waals surface area contributed by atoms with Gasteiger partial charge in [-0.3, -0.25) is 0 Å². The van der Waals surface area contributed by atoms with Gasteiger partial charge < -0.3 is 9.52 Å². The molecule has 0 atom stereocenters. The van der Waals surface area contributed by atoms with Crippen LogP contribution in [0.15, 0.2) is 61.5 Å². The van der Waals surface area contributed by atoms with Crippen LogP contribution in [0, 0.1) is 0 Å². The number of fused-ring (bicyclic) bond motifs is 1. The maximum absolute atomic E-state index is 12.1. The Bertz CT molecular complexity index is 826. The highest BCUT2D eigenvalue weighted by molar-refractivity contribution is 7.90. The van der Waals surface area contributed by atoms with E-state index in [2.05, 4.69) is 9.50 Å². The number of aliphatic hydroxyl groups excluding tert-OH is 1. The van der Waals surface area contributed by atoms with Crippen LogP contribution >= 0.6 is 0 Å². The van der Waals surface area contributed by atoms with Gasteiger partial charge >= 0.3 is 0 Å². The minimum absolute atomic E-state index is 0.111. The van der Waals surface area contributed by atoms with Gasteiger partial charge in [0.25, 0.3) is 10.0 Å². The summed E-state index contributed by atoms with van der Waals surface area (Å²) in [4.78, 5) is 0.140. The molecule has 0 aliphatic carbocycles. The highest BCUT2D eigenvalue weighted by Crippen LogP contribution is 2.27.